The average Bonchev–Trinajstić information content (AvgIpc) is 2.79. The van der Waals surface area contributed by atoms with Crippen LogP contribution in [0.3, 0.4) is 0 Å². The van der Waals surface area contributed by atoms with Gasteiger partial charge in [-0.05, 0) is 31.9 Å². The number of aromatic amines is 1. The highest BCUT2D eigenvalue weighted by Crippen LogP contribution is 2.04. The summed E-state index contributed by atoms with van der Waals surface area (Å²) in [4.78, 5) is 11.8. The number of carbonyl (C=O) groups excluding carboxylic acids is 1. The minimum atomic E-state index is -0.0790. The van der Waals surface area contributed by atoms with Gasteiger partial charge in [-0.2, -0.15) is 5.10 Å². The first-order valence-corrected chi connectivity index (χ1v) is 5.85. The van der Waals surface area contributed by atoms with Crippen molar-refractivity contribution in [2.24, 2.45) is 0 Å². The van der Waals surface area contributed by atoms with Gasteiger partial charge in [0, 0.05) is 18.3 Å². The summed E-state index contributed by atoms with van der Waals surface area (Å²) in [5, 5.41) is 13.1. The number of carbonyl (C=O) groups is 1. The van der Waals surface area contributed by atoms with Gasteiger partial charge in [-0.25, -0.2) is 0 Å². The first-order chi connectivity index (χ1) is 7.79. The van der Waals surface area contributed by atoms with Gasteiger partial charge >= 0.3 is 0 Å². The van der Waals surface area contributed by atoms with Crippen molar-refractivity contribution in [2.45, 2.75) is 32.2 Å². The summed E-state index contributed by atoms with van der Waals surface area (Å²) in [6.07, 6.45) is 3.03. The number of rotatable bonds is 3. The number of aromatic nitrogens is 2. The summed E-state index contributed by atoms with van der Waals surface area (Å²) in [7, 11) is 0. The first kappa shape index (κ1) is 14.0. The molecular formula is C11H19ClN4O. The third kappa shape index (κ3) is 3.71. The van der Waals surface area contributed by atoms with Crippen molar-refractivity contribution in [1.29, 1.82) is 0 Å². The van der Waals surface area contributed by atoms with E-state index in [4.69, 9.17) is 0 Å². The van der Waals surface area contributed by atoms with E-state index in [0.29, 0.717) is 5.69 Å². The molecule has 6 heteroatoms. The molecule has 0 saturated carbocycles. The molecule has 1 aliphatic rings. The van der Waals surface area contributed by atoms with Gasteiger partial charge in [-0.3, -0.25) is 9.89 Å². The fourth-order valence-corrected chi connectivity index (χ4v) is 1.89. The monoisotopic (exact) mass is 258 g/mol. The van der Waals surface area contributed by atoms with Crippen molar-refractivity contribution in [3.63, 3.8) is 0 Å². The van der Waals surface area contributed by atoms with E-state index >= 15 is 0 Å². The molecule has 5 nitrogen and oxygen atoms in total. The van der Waals surface area contributed by atoms with E-state index in [9.17, 15) is 4.79 Å². The zero-order valence-electron chi connectivity index (χ0n) is 9.95. The van der Waals surface area contributed by atoms with E-state index in [0.717, 1.165) is 38.0 Å². The lowest BCUT2D eigenvalue weighted by Crippen LogP contribution is -2.45. The van der Waals surface area contributed by atoms with Crippen molar-refractivity contribution in [2.75, 3.05) is 13.1 Å². The molecule has 1 fully saturated rings. The van der Waals surface area contributed by atoms with Gasteiger partial charge in [0.15, 0.2) is 0 Å². The molecule has 1 aromatic rings. The van der Waals surface area contributed by atoms with E-state index in [1.54, 1.807) is 0 Å². The molecule has 0 bridgehead atoms. The number of H-pyrrole nitrogens is 1. The Morgan fingerprint density at radius 1 is 1.65 bits per heavy atom. The molecule has 0 aliphatic carbocycles. The highest BCUT2D eigenvalue weighted by molar-refractivity contribution is 5.92. The highest BCUT2D eigenvalue weighted by Gasteiger charge is 2.17. The summed E-state index contributed by atoms with van der Waals surface area (Å²) in [6.45, 7) is 3.94. The third-order valence-electron chi connectivity index (χ3n) is 2.88. The minimum absolute atomic E-state index is 0. The van der Waals surface area contributed by atoms with Gasteiger partial charge in [-0.1, -0.05) is 6.92 Å². The molecule has 0 radical (unpaired) electrons. The molecule has 1 aromatic heterocycles. The van der Waals surface area contributed by atoms with E-state index in [1.807, 2.05) is 13.0 Å². The Hall–Kier alpha value is -1.07. The first-order valence-electron chi connectivity index (χ1n) is 5.85. The van der Waals surface area contributed by atoms with Crippen LogP contribution in [0.15, 0.2) is 6.07 Å². The predicted molar refractivity (Wildman–Crippen MR) is 68.6 cm³/mol. The van der Waals surface area contributed by atoms with Crippen molar-refractivity contribution >= 4 is 18.3 Å². The molecule has 0 spiro atoms. The SMILES string of the molecule is CCc1cc(C(=O)N[C@H]2CCCNC2)n[nH]1.Cl. The minimum Gasteiger partial charge on any atom is -0.347 e. The molecule has 1 aliphatic heterocycles. The lowest BCUT2D eigenvalue weighted by molar-refractivity contribution is 0.0925. The summed E-state index contributed by atoms with van der Waals surface area (Å²) >= 11 is 0. The van der Waals surface area contributed by atoms with Crippen LogP contribution in [0.2, 0.25) is 0 Å². The molecule has 2 rings (SSSR count). The molecule has 96 valence electrons. The van der Waals surface area contributed by atoms with Crippen molar-refractivity contribution in [3.8, 4) is 0 Å². The summed E-state index contributed by atoms with van der Waals surface area (Å²) in [5.41, 5.74) is 1.48. The maximum atomic E-state index is 11.8. The number of amides is 1. The van der Waals surface area contributed by atoms with Crippen molar-refractivity contribution in [1.82, 2.24) is 20.8 Å². The van der Waals surface area contributed by atoms with Gasteiger partial charge in [-0.15, -0.1) is 12.4 Å². The zero-order chi connectivity index (χ0) is 11.4. The van der Waals surface area contributed by atoms with Gasteiger partial charge in [0.1, 0.15) is 5.69 Å². The van der Waals surface area contributed by atoms with Crippen LogP contribution in [-0.4, -0.2) is 35.2 Å². The number of piperidine rings is 1. The van der Waals surface area contributed by atoms with E-state index < -0.39 is 0 Å². The second-order valence-corrected chi connectivity index (χ2v) is 4.15. The maximum absolute atomic E-state index is 11.8. The molecule has 2 heterocycles. The average molecular weight is 259 g/mol. The topological polar surface area (TPSA) is 69.8 Å². The Labute approximate surface area is 107 Å². The summed E-state index contributed by atoms with van der Waals surface area (Å²) in [5.74, 6) is -0.0790. The van der Waals surface area contributed by atoms with Crippen LogP contribution in [0.25, 0.3) is 0 Å². The van der Waals surface area contributed by atoms with Gasteiger partial charge in [0.25, 0.3) is 5.91 Å². The van der Waals surface area contributed by atoms with Crippen LogP contribution in [0, 0.1) is 0 Å². The number of hydrogen-bond acceptors (Lipinski definition) is 3. The molecule has 1 atom stereocenters. The maximum Gasteiger partial charge on any atom is 0.272 e. The van der Waals surface area contributed by atoms with Gasteiger partial charge in [0.2, 0.25) is 0 Å². The van der Waals surface area contributed by atoms with Crippen molar-refractivity contribution in [3.05, 3.63) is 17.5 Å². The quantitative estimate of drug-likeness (QED) is 0.754. The van der Waals surface area contributed by atoms with Crippen LogP contribution < -0.4 is 10.6 Å². The van der Waals surface area contributed by atoms with Crippen LogP contribution >= 0.6 is 12.4 Å². The second kappa shape index (κ2) is 6.61. The fraction of sp³-hybridized carbons (Fsp3) is 0.636. The lowest BCUT2D eigenvalue weighted by atomic mass is 10.1. The number of nitrogens with one attached hydrogen (secondary N) is 3. The van der Waals surface area contributed by atoms with Gasteiger partial charge < -0.3 is 10.6 Å². The second-order valence-electron chi connectivity index (χ2n) is 4.15. The Bertz CT molecular complexity index is 360. The number of hydrogen-bond donors (Lipinski definition) is 3. The normalized spacial score (nSPS) is 19.5. The predicted octanol–water partition coefficient (Wildman–Crippen LogP) is 0.876. The van der Waals surface area contributed by atoms with E-state index in [-0.39, 0.29) is 24.4 Å². The largest absolute Gasteiger partial charge is 0.347 e. The molecule has 0 unspecified atom stereocenters. The van der Waals surface area contributed by atoms with Crippen LogP contribution in [0.5, 0.6) is 0 Å². The van der Waals surface area contributed by atoms with Crippen LogP contribution in [0.1, 0.15) is 35.9 Å². The highest BCUT2D eigenvalue weighted by atomic mass is 35.5. The van der Waals surface area contributed by atoms with Gasteiger partial charge in [0.05, 0.1) is 0 Å². The molecular weight excluding hydrogens is 240 g/mol. The number of nitrogens with zero attached hydrogens (tertiary/aromatic N) is 1. The Balaban J connectivity index is 0.00000144. The van der Waals surface area contributed by atoms with Crippen molar-refractivity contribution < 1.29 is 4.79 Å². The standard InChI is InChI=1S/C11H18N4O.ClH/c1-2-8-6-10(15-14-8)11(16)13-9-4-3-5-12-7-9;/h6,9,12H,2-5,7H2,1H3,(H,13,16)(H,14,15);1H/t9-;/m0./s1. The smallest absolute Gasteiger partial charge is 0.272 e. The molecule has 17 heavy (non-hydrogen) atoms. The van der Waals surface area contributed by atoms with Crippen LogP contribution in [-0.2, 0) is 6.42 Å². The number of aryl methyl sites for hydroxylation is 1. The third-order valence-corrected chi connectivity index (χ3v) is 2.88. The summed E-state index contributed by atoms with van der Waals surface area (Å²) in [6, 6.07) is 2.05. The zero-order valence-corrected chi connectivity index (χ0v) is 10.8. The molecule has 0 aromatic carbocycles. The fourth-order valence-electron chi connectivity index (χ4n) is 1.89. The van der Waals surface area contributed by atoms with E-state index in [2.05, 4.69) is 20.8 Å². The Morgan fingerprint density at radius 2 is 2.47 bits per heavy atom. The molecule has 1 amide bonds. The van der Waals surface area contributed by atoms with E-state index in [1.165, 1.54) is 0 Å². The Morgan fingerprint density at radius 3 is 3.06 bits per heavy atom. The molecule has 1 saturated heterocycles. The van der Waals surface area contributed by atoms with Crippen LogP contribution in [0.4, 0.5) is 0 Å². The lowest BCUT2D eigenvalue weighted by Gasteiger charge is -2.23. The number of halogens is 1. The Kier molecular flexibility index (Phi) is 5.44. The summed E-state index contributed by atoms with van der Waals surface area (Å²) < 4.78 is 0. The molecule has 3 N–H and O–H groups in total.